The molecule has 0 fully saturated rings. The number of hydrogen-bond donors (Lipinski definition) is 2. The van der Waals surface area contributed by atoms with Crippen LogP contribution in [-0.4, -0.2) is 28.9 Å². The van der Waals surface area contributed by atoms with Crippen LogP contribution in [0.2, 0.25) is 0 Å². The number of nitrogens with one attached hydrogen (secondary N) is 1. The molecule has 0 aromatic carbocycles. The molecule has 0 saturated carbocycles. The fourth-order valence-corrected chi connectivity index (χ4v) is 0.508. The number of amides is 1. The third kappa shape index (κ3) is 9.14. The highest BCUT2D eigenvalue weighted by molar-refractivity contribution is 5.67. The summed E-state index contributed by atoms with van der Waals surface area (Å²) in [5.74, 6) is 0. The highest BCUT2D eigenvalue weighted by Crippen LogP contribution is 2.06. The SMILES string of the molecule is [2H]C([2H])(NC(=O)OC(C)(C)C)C(C)(C)O. The molecule has 4 nitrogen and oxygen atoms in total. The number of alkyl carbamates (subject to hydrolysis) is 1. The second-order valence-electron chi connectivity index (χ2n) is 4.31. The maximum Gasteiger partial charge on any atom is 0.407 e. The molecule has 0 rings (SSSR count). The van der Waals surface area contributed by atoms with E-state index in [-0.39, 0.29) is 0 Å². The molecule has 0 saturated heterocycles. The van der Waals surface area contributed by atoms with Crippen molar-refractivity contribution in [1.29, 1.82) is 0 Å². The van der Waals surface area contributed by atoms with Crippen molar-refractivity contribution in [2.45, 2.75) is 45.8 Å². The van der Waals surface area contributed by atoms with Crippen molar-refractivity contribution in [3.8, 4) is 0 Å². The summed E-state index contributed by atoms with van der Waals surface area (Å²) in [6.07, 6.45) is -0.894. The van der Waals surface area contributed by atoms with Gasteiger partial charge in [0.05, 0.1) is 8.34 Å². The van der Waals surface area contributed by atoms with Crippen LogP contribution >= 0.6 is 0 Å². The van der Waals surface area contributed by atoms with Gasteiger partial charge in [0.25, 0.3) is 0 Å². The second kappa shape index (κ2) is 3.96. The molecule has 1 amide bonds. The summed E-state index contributed by atoms with van der Waals surface area (Å²) < 4.78 is 19.7. The van der Waals surface area contributed by atoms with Gasteiger partial charge in [0.2, 0.25) is 0 Å². The third-order valence-electron chi connectivity index (χ3n) is 0.869. The lowest BCUT2D eigenvalue weighted by molar-refractivity contribution is 0.0393. The fourth-order valence-electron chi connectivity index (χ4n) is 0.508. The molecule has 0 bridgehead atoms. The third-order valence-corrected chi connectivity index (χ3v) is 0.869. The van der Waals surface area contributed by atoms with Crippen LogP contribution in [0, 0.1) is 0 Å². The fraction of sp³-hybridized carbons (Fsp3) is 0.889. The molecule has 0 aromatic rings. The Labute approximate surface area is 82.1 Å². The molecule has 0 aliphatic heterocycles. The summed E-state index contributed by atoms with van der Waals surface area (Å²) in [6, 6.07) is 0. The van der Waals surface area contributed by atoms with Gasteiger partial charge < -0.3 is 15.2 Å². The van der Waals surface area contributed by atoms with E-state index in [1.807, 2.05) is 5.32 Å². The van der Waals surface area contributed by atoms with E-state index in [4.69, 9.17) is 7.48 Å². The van der Waals surface area contributed by atoms with E-state index in [0.29, 0.717) is 0 Å². The summed E-state index contributed by atoms with van der Waals surface area (Å²) in [7, 11) is 0. The first kappa shape index (κ1) is 8.81. The number of aliphatic hydroxyl groups is 1. The predicted molar refractivity (Wildman–Crippen MR) is 50.5 cm³/mol. The smallest absolute Gasteiger partial charge is 0.407 e. The minimum atomic E-state index is -2.24. The Morgan fingerprint density at radius 1 is 1.46 bits per heavy atom. The topological polar surface area (TPSA) is 58.6 Å². The molecule has 0 radical (unpaired) electrons. The average Bonchev–Trinajstić information content (AvgIpc) is 1.75. The van der Waals surface area contributed by atoms with Gasteiger partial charge in [-0.25, -0.2) is 4.79 Å². The van der Waals surface area contributed by atoms with Gasteiger partial charge in [-0.05, 0) is 34.6 Å². The summed E-state index contributed by atoms with van der Waals surface area (Å²) in [5.41, 5.74) is -2.37. The number of ether oxygens (including phenoxy) is 1. The van der Waals surface area contributed by atoms with Gasteiger partial charge in [0, 0.05) is 6.50 Å². The zero-order valence-electron chi connectivity index (χ0n) is 10.8. The summed E-state index contributed by atoms with van der Waals surface area (Å²) in [5, 5.41) is 11.4. The van der Waals surface area contributed by atoms with Crippen LogP contribution in [-0.2, 0) is 4.74 Å². The predicted octanol–water partition coefficient (Wildman–Crippen LogP) is 1.28. The molecular formula is C9H19NO3. The zero-order valence-corrected chi connectivity index (χ0v) is 8.76. The minimum absolute atomic E-state index is 0.695. The van der Waals surface area contributed by atoms with Crippen molar-refractivity contribution in [3.63, 3.8) is 0 Å². The van der Waals surface area contributed by atoms with Gasteiger partial charge in [-0.2, -0.15) is 0 Å². The number of carbonyl (C=O) groups excluding carboxylic acids is 1. The van der Waals surface area contributed by atoms with Crippen LogP contribution < -0.4 is 5.32 Å². The van der Waals surface area contributed by atoms with Crippen LogP contribution in [0.25, 0.3) is 0 Å². The lowest BCUT2D eigenvalue weighted by Gasteiger charge is -2.22. The first-order valence-corrected chi connectivity index (χ1v) is 4.09. The maximum atomic E-state index is 11.2. The highest BCUT2D eigenvalue weighted by Gasteiger charge is 2.18. The van der Waals surface area contributed by atoms with E-state index < -0.39 is 23.8 Å². The summed E-state index contributed by atoms with van der Waals surface area (Å²) in [6.45, 7) is 5.31. The van der Waals surface area contributed by atoms with E-state index in [2.05, 4.69) is 0 Å². The Hall–Kier alpha value is -0.770. The maximum absolute atomic E-state index is 11.2. The van der Waals surface area contributed by atoms with E-state index in [0.717, 1.165) is 0 Å². The molecule has 78 valence electrons. The van der Waals surface area contributed by atoms with Crippen molar-refractivity contribution in [1.82, 2.24) is 5.32 Å². The molecule has 2 N–H and O–H groups in total. The van der Waals surface area contributed by atoms with Crippen molar-refractivity contribution in [2.75, 3.05) is 6.50 Å². The Balaban J connectivity index is 4.43. The van der Waals surface area contributed by atoms with Gasteiger partial charge in [-0.15, -0.1) is 0 Å². The standard InChI is InChI=1S/C9H19NO3/c1-8(2,3)13-7(11)10-6-9(4,5)12/h12H,6H2,1-5H3,(H,10,11)/i6D2. The first-order chi connectivity index (χ1) is 6.35. The molecular weight excluding hydrogens is 170 g/mol. The Kier molecular flexibility index (Phi) is 2.68. The molecule has 0 aliphatic carbocycles. The van der Waals surface area contributed by atoms with Gasteiger partial charge in [0.1, 0.15) is 5.60 Å². The second-order valence-corrected chi connectivity index (χ2v) is 4.31. The molecule has 0 spiro atoms. The quantitative estimate of drug-likeness (QED) is 0.691. The molecule has 0 atom stereocenters. The molecule has 0 heterocycles. The van der Waals surface area contributed by atoms with Gasteiger partial charge >= 0.3 is 6.09 Å². The van der Waals surface area contributed by atoms with Gasteiger partial charge in [0.15, 0.2) is 0 Å². The van der Waals surface area contributed by atoms with Crippen LogP contribution in [0.3, 0.4) is 0 Å². The number of rotatable bonds is 2. The Morgan fingerprint density at radius 2 is 1.92 bits per heavy atom. The van der Waals surface area contributed by atoms with Crippen LogP contribution in [0.4, 0.5) is 4.79 Å². The van der Waals surface area contributed by atoms with Crippen molar-refractivity contribution in [3.05, 3.63) is 0 Å². The lowest BCUT2D eigenvalue weighted by atomic mass is 10.1. The van der Waals surface area contributed by atoms with E-state index >= 15 is 0 Å². The molecule has 13 heavy (non-hydrogen) atoms. The molecule has 0 aromatic heterocycles. The molecule has 0 aliphatic rings. The van der Waals surface area contributed by atoms with Gasteiger partial charge in [-0.3, -0.25) is 0 Å². The molecule has 0 unspecified atom stereocenters. The van der Waals surface area contributed by atoms with Crippen LogP contribution in [0.5, 0.6) is 0 Å². The van der Waals surface area contributed by atoms with Crippen molar-refractivity contribution in [2.24, 2.45) is 0 Å². The van der Waals surface area contributed by atoms with Crippen LogP contribution in [0.1, 0.15) is 37.4 Å². The normalized spacial score (nSPS) is 15.8. The van der Waals surface area contributed by atoms with Gasteiger partial charge in [-0.1, -0.05) is 0 Å². The summed E-state index contributed by atoms with van der Waals surface area (Å²) >= 11 is 0. The number of hydrogen-bond acceptors (Lipinski definition) is 3. The number of carbonyl (C=O) groups is 1. The largest absolute Gasteiger partial charge is 0.444 e. The first-order valence-electron chi connectivity index (χ1n) is 5.09. The van der Waals surface area contributed by atoms with E-state index in [1.165, 1.54) is 13.8 Å². The van der Waals surface area contributed by atoms with Crippen LogP contribution in [0.15, 0.2) is 0 Å². The minimum Gasteiger partial charge on any atom is -0.444 e. The highest BCUT2D eigenvalue weighted by atomic mass is 16.6. The van der Waals surface area contributed by atoms with Crippen molar-refractivity contribution < 1.29 is 17.4 Å². The lowest BCUT2D eigenvalue weighted by Crippen LogP contribution is -2.40. The Morgan fingerprint density at radius 3 is 2.23 bits per heavy atom. The van der Waals surface area contributed by atoms with Crippen molar-refractivity contribution >= 4 is 6.09 Å². The van der Waals surface area contributed by atoms with E-state index in [9.17, 15) is 9.90 Å². The Bertz CT molecular complexity index is 241. The monoisotopic (exact) mass is 191 g/mol. The zero-order chi connectivity index (χ0) is 12.5. The average molecular weight is 191 g/mol. The van der Waals surface area contributed by atoms with E-state index in [1.54, 1.807) is 20.8 Å². The molecule has 4 heteroatoms. The summed E-state index contributed by atoms with van der Waals surface area (Å²) in [4.78, 5) is 11.2.